The lowest BCUT2D eigenvalue weighted by Gasteiger charge is -2.35. The first-order valence-corrected chi connectivity index (χ1v) is 10.7. The Morgan fingerprint density at radius 3 is 1.50 bits per heavy atom. The first-order valence-electron chi connectivity index (χ1n) is 10.7. The van der Waals surface area contributed by atoms with E-state index in [1.165, 1.54) is 90.1 Å². The molecule has 0 heterocycles. The van der Waals surface area contributed by atoms with Gasteiger partial charge in [-0.2, -0.15) is 0 Å². The van der Waals surface area contributed by atoms with Crippen LogP contribution in [0, 0.1) is 11.8 Å². The van der Waals surface area contributed by atoms with Gasteiger partial charge in [0.15, 0.2) is 0 Å². The zero-order chi connectivity index (χ0) is 16.8. The normalized spacial score (nSPS) is 41.2. The Bertz CT molecular complexity index is 330. The summed E-state index contributed by atoms with van der Waals surface area (Å²) in [6.07, 6.45) is 15.9. The topological polar surface area (TPSA) is 76.1 Å². The molecule has 140 valence electrons. The Morgan fingerprint density at radius 2 is 1.04 bits per heavy atom. The average Bonchev–Trinajstić information content (AvgIpc) is 2.61. The molecule has 0 aromatic heterocycles. The third kappa shape index (κ3) is 5.42. The van der Waals surface area contributed by atoms with Crippen molar-refractivity contribution in [2.45, 2.75) is 101 Å². The van der Waals surface area contributed by atoms with Gasteiger partial charge < -0.3 is 22.1 Å². The zero-order valence-electron chi connectivity index (χ0n) is 15.5. The van der Waals surface area contributed by atoms with Gasteiger partial charge in [-0.15, -0.1) is 0 Å². The predicted octanol–water partition coefficient (Wildman–Crippen LogP) is 2.51. The molecular weight excluding hydrogens is 296 g/mol. The second kappa shape index (κ2) is 9.51. The van der Waals surface area contributed by atoms with Gasteiger partial charge in [0, 0.05) is 24.2 Å². The van der Waals surface area contributed by atoms with Crippen molar-refractivity contribution in [2.24, 2.45) is 23.3 Å². The maximum atomic E-state index is 6.28. The molecule has 0 saturated heterocycles. The van der Waals surface area contributed by atoms with Crippen molar-refractivity contribution in [3.63, 3.8) is 0 Å². The molecule has 0 amide bonds. The second-order valence-electron chi connectivity index (χ2n) is 8.82. The molecule has 0 aromatic rings. The van der Waals surface area contributed by atoms with Gasteiger partial charge in [-0.1, -0.05) is 32.1 Å². The van der Waals surface area contributed by atoms with Crippen molar-refractivity contribution in [1.29, 1.82) is 0 Å². The van der Waals surface area contributed by atoms with Crippen molar-refractivity contribution in [2.75, 3.05) is 13.1 Å². The van der Waals surface area contributed by atoms with E-state index in [1.807, 2.05) is 0 Å². The molecule has 0 bridgehead atoms. The van der Waals surface area contributed by atoms with E-state index >= 15 is 0 Å². The lowest BCUT2D eigenvalue weighted by atomic mass is 9.80. The fourth-order valence-corrected chi connectivity index (χ4v) is 5.24. The fourth-order valence-electron chi connectivity index (χ4n) is 5.24. The smallest absolute Gasteiger partial charge is 0.0219 e. The highest BCUT2D eigenvalue weighted by Gasteiger charge is 2.27. The summed E-state index contributed by atoms with van der Waals surface area (Å²) in [6.45, 7) is 2.36. The summed E-state index contributed by atoms with van der Waals surface area (Å²) in [4.78, 5) is 0. The summed E-state index contributed by atoms with van der Waals surface area (Å²) in [5.41, 5.74) is 12.6. The number of hydrogen-bond donors (Lipinski definition) is 4. The van der Waals surface area contributed by atoms with E-state index in [0.29, 0.717) is 24.2 Å². The van der Waals surface area contributed by atoms with Crippen LogP contribution in [-0.4, -0.2) is 37.3 Å². The van der Waals surface area contributed by atoms with Crippen LogP contribution >= 0.6 is 0 Å². The molecule has 3 fully saturated rings. The van der Waals surface area contributed by atoms with Crippen molar-refractivity contribution in [3.8, 4) is 0 Å². The zero-order valence-corrected chi connectivity index (χ0v) is 15.5. The molecule has 0 spiro atoms. The fraction of sp³-hybridized carbons (Fsp3) is 1.00. The quantitative estimate of drug-likeness (QED) is 0.601. The third-order valence-electron chi connectivity index (χ3n) is 6.87. The average molecular weight is 337 g/mol. The van der Waals surface area contributed by atoms with Crippen LogP contribution in [0.25, 0.3) is 0 Å². The second-order valence-corrected chi connectivity index (χ2v) is 8.82. The van der Waals surface area contributed by atoms with Crippen LogP contribution in [-0.2, 0) is 0 Å². The van der Waals surface area contributed by atoms with Crippen LogP contribution in [0.1, 0.15) is 77.0 Å². The summed E-state index contributed by atoms with van der Waals surface area (Å²) in [7, 11) is 0. The minimum atomic E-state index is 0.382. The summed E-state index contributed by atoms with van der Waals surface area (Å²) in [5, 5.41) is 7.62. The van der Waals surface area contributed by atoms with Crippen LogP contribution < -0.4 is 22.1 Å². The van der Waals surface area contributed by atoms with Crippen LogP contribution in [0.3, 0.4) is 0 Å². The Hall–Kier alpha value is -0.160. The molecule has 6 atom stereocenters. The molecular formula is C20H40N4. The Balaban J connectivity index is 1.36. The summed E-state index contributed by atoms with van der Waals surface area (Å²) in [5.74, 6) is 1.69. The van der Waals surface area contributed by atoms with Crippen molar-refractivity contribution in [1.82, 2.24) is 10.6 Å². The van der Waals surface area contributed by atoms with E-state index in [4.69, 9.17) is 11.5 Å². The van der Waals surface area contributed by atoms with E-state index < -0.39 is 0 Å². The van der Waals surface area contributed by atoms with Crippen LogP contribution in [0.2, 0.25) is 0 Å². The van der Waals surface area contributed by atoms with Crippen LogP contribution in [0.4, 0.5) is 0 Å². The van der Waals surface area contributed by atoms with Gasteiger partial charge >= 0.3 is 0 Å². The van der Waals surface area contributed by atoms with E-state index in [-0.39, 0.29) is 0 Å². The highest BCUT2D eigenvalue weighted by Crippen LogP contribution is 2.29. The molecule has 6 unspecified atom stereocenters. The molecule has 0 radical (unpaired) electrons. The maximum Gasteiger partial charge on any atom is 0.0219 e. The lowest BCUT2D eigenvalue weighted by Crippen LogP contribution is -2.49. The SMILES string of the molecule is NC1CCCCC1NCC1CCCC(CNC2CCCCC2N)C1. The van der Waals surface area contributed by atoms with E-state index in [0.717, 1.165) is 11.8 Å². The molecule has 4 heteroatoms. The van der Waals surface area contributed by atoms with E-state index in [9.17, 15) is 0 Å². The van der Waals surface area contributed by atoms with E-state index in [2.05, 4.69) is 10.6 Å². The minimum Gasteiger partial charge on any atom is -0.326 e. The van der Waals surface area contributed by atoms with Crippen molar-refractivity contribution in [3.05, 3.63) is 0 Å². The summed E-state index contributed by atoms with van der Waals surface area (Å²) >= 11 is 0. The number of rotatable bonds is 6. The van der Waals surface area contributed by atoms with Crippen molar-refractivity contribution < 1.29 is 0 Å². The maximum absolute atomic E-state index is 6.28. The molecule has 3 rings (SSSR count). The number of nitrogens with one attached hydrogen (secondary N) is 2. The minimum absolute atomic E-state index is 0.382. The Morgan fingerprint density at radius 1 is 0.583 bits per heavy atom. The lowest BCUT2D eigenvalue weighted by molar-refractivity contribution is 0.220. The predicted molar refractivity (Wildman–Crippen MR) is 102 cm³/mol. The van der Waals surface area contributed by atoms with E-state index in [1.54, 1.807) is 0 Å². The molecule has 3 aliphatic rings. The number of nitrogens with two attached hydrogens (primary N) is 2. The van der Waals surface area contributed by atoms with Gasteiger partial charge in [0.2, 0.25) is 0 Å². The standard InChI is InChI=1S/C20H40N4/c21-17-8-1-3-10-19(17)23-13-15-6-5-7-16(12-15)14-24-20-11-4-2-9-18(20)22/h15-20,23-24H,1-14,21-22H2. The Labute approximate surface area is 148 Å². The largest absolute Gasteiger partial charge is 0.326 e. The van der Waals surface area contributed by atoms with Crippen LogP contribution in [0.5, 0.6) is 0 Å². The monoisotopic (exact) mass is 336 g/mol. The molecule has 6 N–H and O–H groups in total. The number of hydrogen-bond acceptors (Lipinski definition) is 4. The van der Waals surface area contributed by atoms with Gasteiger partial charge in [-0.3, -0.25) is 0 Å². The first kappa shape index (κ1) is 18.6. The van der Waals surface area contributed by atoms with Gasteiger partial charge in [0.05, 0.1) is 0 Å². The summed E-state index contributed by atoms with van der Waals surface area (Å²) < 4.78 is 0. The molecule has 3 aliphatic carbocycles. The van der Waals surface area contributed by atoms with Crippen LogP contribution in [0.15, 0.2) is 0 Å². The molecule has 0 aliphatic heterocycles. The van der Waals surface area contributed by atoms with Gasteiger partial charge in [0.25, 0.3) is 0 Å². The van der Waals surface area contributed by atoms with Gasteiger partial charge in [-0.25, -0.2) is 0 Å². The van der Waals surface area contributed by atoms with Crippen molar-refractivity contribution >= 4 is 0 Å². The highest BCUT2D eigenvalue weighted by molar-refractivity contribution is 4.87. The van der Waals surface area contributed by atoms with Gasteiger partial charge in [-0.05, 0) is 69.9 Å². The molecule has 3 saturated carbocycles. The van der Waals surface area contributed by atoms with Gasteiger partial charge in [0.1, 0.15) is 0 Å². The summed E-state index contributed by atoms with van der Waals surface area (Å²) in [6, 6.07) is 1.90. The highest BCUT2D eigenvalue weighted by atomic mass is 15.0. The third-order valence-corrected chi connectivity index (χ3v) is 6.87. The molecule has 4 nitrogen and oxygen atoms in total. The molecule has 24 heavy (non-hydrogen) atoms. The first-order chi connectivity index (χ1) is 11.7. The molecule has 0 aromatic carbocycles. The Kier molecular flexibility index (Phi) is 7.38.